The van der Waals surface area contributed by atoms with E-state index in [0.29, 0.717) is 55.0 Å². The van der Waals surface area contributed by atoms with Gasteiger partial charge in [0, 0.05) is 36.1 Å². The number of likely N-dealkylation sites (tertiary alicyclic amines) is 1. The summed E-state index contributed by atoms with van der Waals surface area (Å²) in [6.07, 6.45) is 1.91. The van der Waals surface area contributed by atoms with Crippen LogP contribution in [0.5, 0.6) is 0 Å². The van der Waals surface area contributed by atoms with Gasteiger partial charge in [0.05, 0.1) is 36.0 Å². The van der Waals surface area contributed by atoms with Crippen LogP contribution in [-0.4, -0.2) is 62.4 Å². The Labute approximate surface area is 251 Å². The molecule has 43 heavy (non-hydrogen) atoms. The minimum atomic E-state index is -4.85. The zero-order valence-electron chi connectivity index (χ0n) is 23.0. The molecule has 0 amide bonds. The molecule has 0 saturated carbocycles. The number of rotatable bonds is 9. The van der Waals surface area contributed by atoms with E-state index in [9.17, 15) is 32.3 Å². The summed E-state index contributed by atoms with van der Waals surface area (Å²) in [7, 11) is 0. The number of Topliss-reactive ketones (excluding diaryl/α,β-unsaturated/α-hetero) is 1. The summed E-state index contributed by atoms with van der Waals surface area (Å²) in [5.74, 6) is -2.31. The molecule has 2 aliphatic heterocycles. The zero-order valence-corrected chi connectivity index (χ0v) is 23.8. The van der Waals surface area contributed by atoms with E-state index in [1.807, 2.05) is 4.90 Å². The number of aliphatic carboxylic acids is 1. The van der Waals surface area contributed by atoms with Crippen molar-refractivity contribution >= 4 is 28.9 Å². The van der Waals surface area contributed by atoms with Crippen LogP contribution in [0.3, 0.4) is 0 Å². The maximum absolute atomic E-state index is 14.0. The van der Waals surface area contributed by atoms with E-state index in [2.05, 4.69) is 26.8 Å². The minimum absolute atomic E-state index is 0. The van der Waals surface area contributed by atoms with E-state index in [1.165, 1.54) is 29.8 Å². The summed E-state index contributed by atoms with van der Waals surface area (Å²) < 4.78 is 54.5. The summed E-state index contributed by atoms with van der Waals surface area (Å²) in [6, 6.07) is 3.23. The van der Waals surface area contributed by atoms with E-state index in [0.717, 1.165) is 42.8 Å². The van der Waals surface area contributed by atoms with Crippen molar-refractivity contribution in [1.82, 2.24) is 19.9 Å². The molecule has 2 fully saturated rings. The van der Waals surface area contributed by atoms with Crippen LogP contribution in [0.2, 0.25) is 0 Å². The SMILES string of the molecule is C.CC[C@@H]1CCCN1Cc1sc(CC(=O)c2cnc(N3CCC(C(=O)O)CC3)cn2)nc1-c1ccc(F)c(C(F)(F)F)c1. The molecule has 8 nitrogen and oxygen atoms in total. The number of nitrogens with zero attached hydrogens (tertiary/aromatic N) is 5. The van der Waals surface area contributed by atoms with Crippen LogP contribution >= 0.6 is 11.3 Å². The van der Waals surface area contributed by atoms with Crippen LogP contribution in [0, 0.1) is 11.7 Å². The Kier molecular flexibility index (Phi) is 10.2. The standard InChI is InChI=1S/C29H31F4N5O3S.CH4/c1-2-19-4-3-9-38(19)16-24-27(18-5-6-21(30)20(12-18)29(31,32)33)36-26(42-24)13-23(39)22-14-35-25(15-34-22)37-10-7-17(8-11-37)28(40)41;/h5-6,12,14-15,17,19H,2-4,7-11,13,16H2,1H3,(H,40,41);1H4/t19-;/m1./s1. The molecule has 0 aliphatic carbocycles. The van der Waals surface area contributed by atoms with E-state index >= 15 is 0 Å². The number of alkyl halides is 3. The molecule has 2 aromatic heterocycles. The molecule has 1 N–H and O–H groups in total. The summed E-state index contributed by atoms with van der Waals surface area (Å²) in [6.45, 7) is 4.49. The van der Waals surface area contributed by atoms with Gasteiger partial charge in [-0.25, -0.2) is 19.3 Å². The quantitative estimate of drug-likeness (QED) is 0.214. The molecule has 1 aromatic carbocycles. The third kappa shape index (κ3) is 7.38. The normalized spacial score (nSPS) is 18.1. The van der Waals surface area contributed by atoms with Crippen LogP contribution in [-0.2, 0) is 23.9 Å². The molecule has 2 saturated heterocycles. The van der Waals surface area contributed by atoms with Gasteiger partial charge < -0.3 is 10.0 Å². The molecule has 3 aromatic rings. The van der Waals surface area contributed by atoms with Gasteiger partial charge in [-0.2, -0.15) is 13.2 Å². The fourth-order valence-electron chi connectivity index (χ4n) is 5.66. The molecular weight excluding hydrogens is 586 g/mol. The Bertz CT molecular complexity index is 1440. The number of carbonyl (C=O) groups excluding carboxylic acids is 1. The summed E-state index contributed by atoms with van der Waals surface area (Å²) in [5.41, 5.74) is -0.756. The molecule has 0 bridgehead atoms. The monoisotopic (exact) mass is 621 g/mol. The molecule has 1 atom stereocenters. The number of carbonyl (C=O) groups is 2. The van der Waals surface area contributed by atoms with Crippen molar-refractivity contribution in [2.24, 2.45) is 5.92 Å². The highest BCUT2D eigenvalue weighted by atomic mass is 32.1. The fraction of sp³-hybridized carbons (Fsp3) is 0.500. The van der Waals surface area contributed by atoms with Crippen LogP contribution in [0.1, 0.15) is 72.4 Å². The van der Waals surface area contributed by atoms with E-state index in [1.54, 1.807) is 0 Å². The van der Waals surface area contributed by atoms with Crippen molar-refractivity contribution in [2.45, 2.75) is 71.6 Å². The van der Waals surface area contributed by atoms with Gasteiger partial charge in [-0.3, -0.25) is 14.5 Å². The van der Waals surface area contributed by atoms with Gasteiger partial charge in [0.2, 0.25) is 0 Å². The van der Waals surface area contributed by atoms with Crippen molar-refractivity contribution < 1.29 is 32.3 Å². The molecule has 2 aliphatic rings. The van der Waals surface area contributed by atoms with Crippen LogP contribution in [0.15, 0.2) is 30.6 Å². The van der Waals surface area contributed by atoms with Crippen molar-refractivity contribution in [2.75, 3.05) is 24.5 Å². The molecule has 232 valence electrons. The number of thiazole rings is 1. The molecule has 5 rings (SSSR count). The minimum Gasteiger partial charge on any atom is -0.481 e. The maximum atomic E-state index is 14.0. The first-order valence-electron chi connectivity index (χ1n) is 14.0. The third-order valence-electron chi connectivity index (χ3n) is 8.01. The highest BCUT2D eigenvalue weighted by Crippen LogP contribution is 2.37. The van der Waals surface area contributed by atoms with E-state index < -0.39 is 23.5 Å². The number of hydrogen-bond donors (Lipinski definition) is 1. The first-order valence-corrected chi connectivity index (χ1v) is 14.8. The largest absolute Gasteiger partial charge is 0.481 e. The second kappa shape index (κ2) is 13.5. The Balaban J connectivity index is 0.00000423. The first-order chi connectivity index (χ1) is 20.0. The molecule has 0 spiro atoms. The molecule has 0 unspecified atom stereocenters. The molecule has 0 radical (unpaired) electrons. The number of carboxylic acid groups (broad SMARTS) is 1. The predicted octanol–water partition coefficient (Wildman–Crippen LogP) is 6.49. The lowest BCUT2D eigenvalue weighted by molar-refractivity contribution is -0.142. The number of carboxylic acids is 1. The summed E-state index contributed by atoms with van der Waals surface area (Å²) in [4.78, 5) is 42.5. The van der Waals surface area contributed by atoms with Gasteiger partial charge in [0.25, 0.3) is 0 Å². The lowest BCUT2D eigenvalue weighted by atomic mass is 9.97. The summed E-state index contributed by atoms with van der Waals surface area (Å²) in [5, 5.41) is 9.62. The predicted molar refractivity (Wildman–Crippen MR) is 156 cm³/mol. The van der Waals surface area contributed by atoms with Crippen LogP contribution in [0.25, 0.3) is 11.3 Å². The van der Waals surface area contributed by atoms with Crippen molar-refractivity contribution in [1.29, 1.82) is 0 Å². The van der Waals surface area contributed by atoms with Crippen LogP contribution < -0.4 is 4.90 Å². The second-order valence-electron chi connectivity index (χ2n) is 10.7. The Morgan fingerprint density at radius 2 is 1.84 bits per heavy atom. The fourth-order valence-corrected chi connectivity index (χ4v) is 6.78. The van der Waals surface area contributed by atoms with Gasteiger partial charge in [0.15, 0.2) is 5.78 Å². The lowest BCUT2D eigenvalue weighted by Gasteiger charge is -2.30. The van der Waals surface area contributed by atoms with Gasteiger partial charge in [0.1, 0.15) is 22.3 Å². The average molecular weight is 622 g/mol. The van der Waals surface area contributed by atoms with Gasteiger partial charge >= 0.3 is 12.1 Å². The van der Waals surface area contributed by atoms with Crippen molar-refractivity contribution in [3.63, 3.8) is 0 Å². The molecule has 13 heteroatoms. The Morgan fingerprint density at radius 1 is 1.09 bits per heavy atom. The number of ketones is 1. The number of benzene rings is 1. The smallest absolute Gasteiger partial charge is 0.419 e. The molecule has 4 heterocycles. The number of hydrogen-bond acceptors (Lipinski definition) is 8. The van der Waals surface area contributed by atoms with Crippen LogP contribution in [0.4, 0.5) is 23.4 Å². The van der Waals surface area contributed by atoms with Crippen molar-refractivity contribution in [3.8, 4) is 11.3 Å². The highest BCUT2D eigenvalue weighted by molar-refractivity contribution is 7.12. The number of halogens is 4. The van der Waals surface area contributed by atoms with E-state index in [4.69, 9.17) is 0 Å². The third-order valence-corrected chi connectivity index (χ3v) is 9.05. The topological polar surface area (TPSA) is 99.5 Å². The van der Waals surface area contributed by atoms with Crippen molar-refractivity contribution in [3.05, 3.63) is 57.6 Å². The molecular formula is C30H35F4N5O3S. The lowest BCUT2D eigenvalue weighted by Crippen LogP contribution is -2.36. The number of aromatic nitrogens is 3. The first kappa shape index (κ1) is 32.5. The maximum Gasteiger partial charge on any atom is 0.419 e. The average Bonchev–Trinajstić information content (AvgIpc) is 3.59. The van der Waals surface area contributed by atoms with Gasteiger partial charge in [-0.05, 0) is 56.8 Å². The highest BCUT2D eigenvalue weighted by Gasteiger charge is 2.35. The number of anilines is 1. The number of piperidine rings is 1. The van der Waals surface area contributed by atoms with Gasteiger partial charge in [-0.15, -0.1) is 11.3 Å². The Hall–Kier alpha value is -3.45. The second-order valence-corrected chi connectivity index (χ2v) is 11.9. The Morgan fingerprint density at radius 3 is 2.47 bits per heavy atom. The summed E-state index contributed by atoms with van der Waals surface area (Å²) >= 11 is 1.27. The zero-order chi connectivity index (χ0) is 30.0. The van der Waals surface area contributed by atoms with E-state index in [-0.39, 0.29) is 36.8 Å². The van der Waals surface area contributed by atoms with Gasteiger partial charge in [-0.1, -0.05) is 14.4 Å².